The zero-order valence-corrected chi connectivity index (χ0v) is 17.4. The summed E-state index contributed by atoms with van der Waals surface area (Å²) in [5.41, 5.74) is 2.57. The van der Waals surface area contributed by atoms with E-state index in [1.807, 2.05) is 36.6 Å². The SMILES string of the molecule is Cc1ccc(N2N=C(C(=O)c3cccs3)SC2=C2C(=O)c3ccccc3C2=O)cc1. The Morgan fingerprint density at radius 1 is 0.900 bits per heavy atom. The Labute approximate surface area is 180 Å². The Morgan fingerprint density at radius 3 is 2.17 bits per heavy atom. The Balaban J connectivity index is 1.65. The van der Waals surface area contributed by atoms with Gasteiger partial charge in [-0.2, -0.15) is 5.10 Å². The van der Waals surface area contributed by atoms with E-state index in [4.69, 9.17) is 0 Å². The number of hydrazone groups is 1. The van der Waals surface area contributed by atoms with Gasteiger partial charge < -0.3 is 0 Å². The molecule has 3 aromatic rings. The van der Waals surface area contributed by atoms with Gasteiger partial charge in [0.2, 0.25) is 5.78 Å². The average molecular weight is 431 g/mol. The van der Waals surface area contributed by atoms with E-state index < -0.39 is 0 Å². The molecule has 2 heterocycles. The van der Waals surface area contributed by atoms with Crippen LogP contribution in [0.3, 0.4) is 0 Å². The lowest BCUT2D eigenvalue weighted by atomic mass is 10.1. The summed E-state index contributed by atoms with van der Waals surface area (Å²) in [6.45, 7) is 1.97. The lowest BCUT2D eigenvalue weighted by molar-refractivity contribution is 0.0986. The van der Waals surface area contributed by atoms with E-state index in [2.05, 4.69) is 5.10 Å². The molecule has 0 amide bonds. The minimum absolute atomic E-state index is 0.0551. The van der Waals surface area contributed by atoms with Crippen LogP contribution in [0.25, 0.3) is 0 Å². The highest BCUT2D eigenvalue weighted by molar-refractivity contribution is 8.19. The van der Waals surface area contributed by atoms with Crippen molar-refractivity contribution in [2.24, 2.45) is 5.10 Å². The molecule has 5 rings (SSSR count). The first-order chi connectivity index (χ1) is 14.5. The maximum Gasteiger partial charge on any atom is 0.230 e. The molecule has 2 aliphatic rings. The Bertz CT molecular complexity index is 1240. The van der Waals surface area contributed by atoms with Crippen molar-refractivity contribution < 1.29 is 14.4 Å². The molecule has 0 unspecified atom stereocenters. The van der Waals surface area contributed by atoms with Crippen LogP contribution >= 0.6 is 23.1 Å². The van der Waals surface area contributed by atoms with Crippen LogP contribution in [-0.2, 0) is 0 Å². The fourth-order valence-corrected chi connectivity index (χ4v) is 5.12. The van der Waals surface area contributed by atoms with Crippen LogP contribution in [0.15, 0.2) is 81.7 Å². The van der Waals surface area contributed by atoms with Crippen molar-refractivity contribution in [1.82, 2.24) is 0 Å². The minimum Gasteiger partial charge on any atom is -0.288 e. The van der Waals surface area contributed by atoms with Gasteiger partial charge >= 0.3 is 0 Å². The number of aryl methyl sites for hydroxylation is 1. The van der Waals surface area contributed by atoms with Gasteiger partial charge in [-0.3, -0.25) is 14.4 Å². The average Bonchev–Trinajstić information content (AvgIpc) is 3.48. The second kappa shape index (κ2) is 7.19. The number of benzene rings is 2. The summed E-state index contributed by atoms with van der Waals surface area (Å²) in [5, 5.41) is 8.46. The van der Waals surface area contributed by atoms with Crippen molar-refractivity contribution in [2.75, 3.05) is 5.01 Å². The third-order valence-electron chi connectivity index (χ3n) is 4.88. The topological polar surface area (TPSA) is 66.8 Å². The van der Waals surface area contributed by atoms with E-state index in [0.29, 0.717) is 26.7 Å². The van der Waals surface area contributed by atoms with Crippen LogP contribution in [0.5, 0.6) is 0 Å². The smallest absolute Gasteiger partial charge is 0.230 e. The number of nitrogens with zero attached hydrogens (tertiary/aromatic N) is 2. The number of anilines is 1. The third kappa shape index (κ3) is 2.94. The molecular formula is C23H14N2O3S2. The summed E-state index contributed by atoms with van der Waals surface area (Å²) in [6.07, 6.45) is 0. The molecule has 0 saturated heterocycles. The molecule has 7 heteroatoms. The van der Waals surface area contributed by atoms with Gasteiger partial charge in [-0.05, 0) is 42.3 Å². The number of ketones is 3. The molecule has 1 aromatic heterocycles. The molecule has 5 nitrogen and oxygen atoms in total. The number of thioether (sulfide) groups is 1. The maximum atomic E-state index is 13.1. The first-order valence-electron chi connectivity index (χ1n) is 9.19. The van der Waals surface area contributed by atoms with E-state index in [9.17, 15) is 14.4 Å². The number of fused-ring (bicyclic) bond motifs is 1. The molecule has 0 spiro atoms. The molecule has 0 bridgehead atoms. The number of Topliss-reactive ketones (excluding diaryl/α,β-unsaturated/α-hetero) is 3. The monoisotopic (exact) mass is 430 g/mol. The predicted octanol–water partition coefficient (Wildman–Crippen LogP) is 5.10. The number of carbonyl (C=O) groups is 3. The second-order valence-corrected chi connectivity index (χ2v) is 8.77. The van der Waals surface area contributed by atoms with Gasteiger partial charge in [-0.25, -0.2) is 5.01 Å². The van der Waals surface area contributed by atoms with Gasteiger partial charge in [0.05, 0.1) is 10.6 Å². The van der Waals surface area contributed by atoms with Gasteiger partial charge in [-0.1, -0.05) is 48.0 Å². The van der Waals surface area contributed by atoms with E-state index in [-0.39, 0.29) is 28.0 Å². The largest absolute Gasteiger partial charge is 0.288 e. The van der Waals surface area contributed by atoms with Crippen LogP contribution in [0, 0.1) is 6.92 Å². The first-order valence-corrected chi connectivity index (χ1v) is 10.9. The fraction of sp³-hybridized carbons (Fsp3) is 0.0435. The summed E-state index contributed by atoms with van der Waals surface area (Å²) in [6, 6.07) is 17.9. The maximum absolute atomic E-state index is 13.1. The summed E-state index contributed by atoms with van der Waals surface area (Å²) >= 11 is 2.40. The van der Waals surface area contributed by atoms with Crippen molar-refractivity contribution >= 4 is 51.2 Å². The van der Waals surface area contributed by atoms with Crippen LogP contribution in [0.2, 0.25) is 0 Å². The van der Waals surface area contributed by atoms with E-state index in [1.54, 1.807) is 36.4 Å². The zero-order chi connectivity index (χ0) is 20.8. The highest BCUT2D eigenvalue weighted by atomic mass is 32.2. The van der Waals surface area contributed by atoms with Gasteiger partial charge in [0.25, 0.3) is 0 Å². The number of hydrogen-bond acceptors (Lipinski definition) is 7. The third-order valence-corrected chi connectivity index (χ3v) is 6.78. The predicted molar refractivity (Wildman–Crippen MR) is 119 cm³/mol. The first kappa shape index (κ1) is 18.7. The van der Waals surface area contributed by atoms with Crippen molar-refractivity contribution in [3.63, 3.8) is 0 Å². The van der Waals surface area contributed by atoms with Gasteiger partial charge in [0.1, 0.15) is 10.6 Å². The molecule has 2 aromatic carbocycles. The summed E-state index contributed by atoms with van der Waals surface area (Å²) in [5.74, 6) is -0.899. The van der Waals surface area contributed by atoms with Gasteiger partial charge in [0, 0.05) is 11.1 Å². The molecular weight excluding hydrogens is 416 g/mol. The fourth-order valence-electron chi connectivity index (χ4n) is 3.36. The van der Waals surface area contributed by atoms with Crippen molar-refractivity contribution in [1.29, 1.82) is 0 Å². The molecule has 0 fully saturated rings. The number of allylic oxidation sites excluding steroid dienone is 1. The zero-order valence-electron chi connectivity index (χ0n) is 15.8. The molecule has 0 atom stereocenters. The van der Waals surface area contributed by atoms with Crippen LogP contribution < -0.4 is 5.01 Å². The second-order valence-electron chi connectivity index (χ2n) is 6.84. The molecule has 0 radical (unpaired) electrons. The molecule has 0 saturated carbocycles. The highest BCUT2D eigenvalue weighted by Crippen LogP contribution is 2.41. The number of carbonyl (C=O) groups excluding carboxylic acids is 3. The van der Waals surface area contributed by atoms with E-state index in [0.717, 1.165) is 17.3 Å². The summed E-state index contributed by atoms with van der Waals surface area (Å²) in [4.78, 5) is 39.6. The summed E-state index contributed by atoms with van der Waals surface area (Å²) < 4.78 is 0. The van der Waals surface area contributed by atoms with E-state index in [1.165, 1.54) is 16.3 Å². The van der Waals surface area contributed by atoms with Crippen molar-refractivity contribution in [2.45, 2.75) is 6.92 Å². The lowest BCUT2D eigenvalue weighted by Gasteiger charge is -2.16. The molecule has 146 valence electrons. The molecule has 1 aliphatic carbocycles. The highest BCUT2D eigenvalue weighted by Gasteiger charge is 2.41. The van der Waals surface area contributed by atoms with Crippen LogP contribution in [-0.4, -0.2) is 22.4 Å². The lowest BCUT2D eigenvalue weighted by Crippen LogP contribution is -2.16. The van der Waals surface area contributed by atoms with Crippen molar-refractivity contribution in [3.8, 4) is 0 Å². The van der Waals surface area contributed by atoms with Crippen LogP contribution in [0.4, 0.5) is 5.69 Å². The van der Waals surface area contributed by atoms with Crippen LogP contribution in [0.1, 0.15) is 36.0 Å². The number of rotatable bonds is 3. The number of hydrogen-bond donors (Lipinski definition) is 0. The van der Waals surface area contributed by atoms with Gasteiger partial charge in [0.15, 0.2) is 16.6 Å². The Hall–Kier alpha value is -3.29. The van der Waals surface area contributed by atoms with Crippen molar-refractivity contribution in [3.05, 3.63) is 98.2 Å². The van der Waals surface area contributed by atoms with E-state index >= 15 is 0 Å². The summed E-state index contributed by atoms with van der Waals surface area (Å²) in [7, 11) is 0. The molecule has 1 aliphatic heterocycles. The number of thiophene rings is 1. The normalized spacial score (nSPS) is 15.6. The molecule has 0 N–H and O–H groups in total. The minimum atomic E-state index is -0.338. The standard InChI is InChI=1S/C23H14N2O3S2/c1-13-8-10-14(11-9-13)25-23(30-22(24-25)21(28)17-7-4-12-29-17)18-19(26)15-5-2-3-6-16(15)20(18)27/h2-12H,1H3. The quantitative estimate of drug-likeness (QED) is 0.329. The Morgan fingerprint density at radius 2 is 1.57 bits per heavy atom. The van der Waals surface area contributed by atoms with Gasteiger partial charge in [-0.15, -0.1) is 11.3 Å². The molecule has 30 heavy (non-hydrogen) atoms. The Kier molecular flexibility index (Phi) is 4.49.